The number of benzene rings is 1. The van der Waals surface area contributed by atoms with Crippen LogP contribution in [0.5, 0.6) is 0 Å². The average Bonchev–Trinajstić information content (AvgIpc) is 2.50. The molecule has 0 aliphatic heterocycles. The molecule has 6 nitrogen and oxygen atoms in total. The third-order valence-corrected chi connectivity index (χ3v) is 3.31. The highest BCUT2D eigenvalue weighted by Crippen LogP contribution is 1.98. The molecule has 112 valence electrons. The molecule has 2 N–H and O–H groups in total. The Morgan fingerprint density at radius 1 is 1.00 bits per heavy atom. The number of nitrogens with one attached hydrogen (secondary N) is 2. The van der Waals surface area contributed by atoms with Gasteiger partial charge in [-0.3, -0.25) is 13.9 Å². The van der Waals surface area contributed by atoms with Crippen molar-refractivity contribution < 1.29 is 0 Å². The fourth-order valence-corrected chi connectivity index (χ4v) is 2.01. The summed E-state index contributed by atoms with van der Waals surface area (Å²) in [5.41, 5.74) is 0.582. The van der Waals surface area contributed by atoms with Gasteiger partial charge in [-0.1, -0.05) is 30.3 Å². The molecule has 0 saturated carbocycles. The lowest BCUT2D eigenvalue weighted by atomic mass is 10.2. The SMILES string of the molecule is Cn1c(NCCNCc2ccccc2)cc(=O)n(C)c1=O. The van der Waals surface area contributed by atoms with Gasteiger partial charge in [0.1, 0.15) is 5.82 Å². The van der Waals surface area contributed by atoms with Crippen molar-refractivity contribution >= 4 is 5.82 Å². The quantitative estimate of drug-likeness (QED) is 0.750. The number of nitrogens with zero attached hydrogens (tertiary/aromatic N) is 2. The first-order valence-electron chi connectivity index (χ1n) is 6.85. The number of anilines is 1. The van der Waals surface area contributed by atoms with E-state index in [1.54, 1.807) is 7.05 Å². The van der Waals surface area contributed by atoms with Gasteiger partial charge in [-0.15, -0.1) is 0 Å². The van der Waals surface area contributed by atoms with Crippen LogP contribution in [0.15, 0.2) is 46.0 Å². The predicted molar refractivity (Wildman–Crippen MR) is 83.6 cm³/mol. The van der Waals surface area contributed by atoms with Gasteiger partial charge in [0.15, 0.2) is 0 Å². The van der Waals surface area contributed by atoms with Crippen molar-refractivity contribution in [2.75, 3.05) is 18.4 Å². The van der Waals surface area contributed by atoms with Crippen LogP contribution in [0.3, 0.4) is 0 Å². The van der Waals surface area contributed by atoms with Crippen LogP contribution in [-0.4, -0.2) is 22.2 Å². The van der Waals surface area contributed by atoms with E-state index < -0.39 is 0 Å². The first-order chi connectivity index (χ1) is 10.1. The molecule has 2 aromatic rings. The number of rotatable bonds is 6. The zero-order valence-electron chi connectivity index (χ0n) is 12.3. The molecule has 0 fully saturated rings. The smallest absolute Gasteiger partial charge is 0.332 e. The van der Waals surface area contributed by atoms with Gasteiger partial charge in [-0.25, -0.2) is 4.79 Å². The van der Waals surface area contributed by atoms with Crippen molar-refractivity contribution in [3.8, 4) is 0 Å². The van der Waals surface area contributed by atoms with Crippen molar-refractivity contribution in [3.63, 3.8) is 0 Å². The van der Waals surface area contributed by atoms with E-state index in [4.69, 9.17) is 0 Å². The highest BCUT2D eigenvalue weighted by atomic mass is 16.2. The zero-order chi connectivity index (χ0) is 15.2. The summed E-state index contributed by atoms with van der Waals surface area (Å²) in [6.07, 6.45) is 0. The van der Waals surface area contributed by atoms with Crippen LogP contribution >= 0.6 is 0 Å². The lowest BCUT2D eigenvalue weighted by Gasteiger charge is -2.12. The molecule has 0 spiro atoms. The van der Waals surface area contributed by atoms with Crippen LogP contribution < -0.4 is 21.9 Å². The van der Waals surface area contributed by atoms with Crippen LogP contribution in [0, 0.1) is 0 Å². The van der Waals surface area contributed by atoms with Crippen molar-refractivity contribution in [1.29, 1.82) is 0 Å². The van der Waals surface area contributed by atoms with Crippen LogP contribution in [0.2, 0.25) is 0 Å². The minimum atomic E-state index is -0.331. The first-order valence-corrected chi connectivity index (χ1v) is 6.85. The third kappa shape index (κ3) is 3.82. The Morgan fingerprint density at radius 2 is 1.71 bits per heavy atom. The van der Waals surface area contributed by atoms with Gasteiger partial charge in [0, 0.05) is 39.8 Å². The summed E-state index contributed by atoms with van der Waals surface area (Å²) in [5, 5.41) is 6.39. The maximum absolute atomic E-state index is 11.8. The molecule has 0 aliphatic carbocycles. The third-order valence-electron chi connectivity index (χ3n) is 3.31. The summed E-state index contributed by atoms with van der Waals surface area (Å²) >= 11 is 0. The standard InChI is InChI=1S/C15H20N4O2/c1-18-13(10-14(20)19(2)15(18)21)17-9-8-16-11-12-6-4-3-5-7-12/h3-7,10,16-17H,8-9,11H2,1-2H3. The van der Waals surface area contributed by atoms with Crippen molar-refractivity contribution in [1.82, 2.24) is 14.5 Å². The van der Waals surface area contributed by atoms with E-state index in [1.807, 2.05) is 18.2 Å². The van der Waals surface area contributed by atoms with E-state index in [0.717, 1.165) is 17.7 Å². The molecule has 2 rings (SSSR count). The van der Waals surface area contributed by atoms with E-state index in [9.17, 15) is 9.59 Å². The minimum absolute atomic E-state index is 0.308. The number of hydrogen-bond acceptors (Lipinski definition) is 4. The van der Waals surface area contributed by atoms with E-state index in [1.165, 1.54) is 23.2 Å². The summed E-state index contributed by atoms with van der Waals surface area (Å²) in [6, 6.07) is 11.5. The molecule has 0 unspecified atom stereocenters. The summed E-state index contributed by atoms with van der Waals surface area (Å²) in [6.45, 7) is 2.16. The molecule has 6 heteroatoms. The number of hydrogen-bond donors (Lipinski definition) is 2. The Bertz CT molecular complexity index is 704. The van der Waals surface area contributed by atoms with E-state index >= 15 is 0 Å². The molecule has 1 heterocycles. The monoisotopic (exact) mass is 288 g/mol. The number of aromatic nitrogens is 2. The highest BCUT2D eigenvalue weighted by molar-refractivity contribution is 5.33. The first kappa shape index (κ1) is 15.1. The van der Waals surface area contributed by atoms with Gasteiger partial charge in [0.25, 0.3) is 5.56 Å². The maximum atomic E-state index is 11.8. The Kier molecular flexibility index (Phi) is 4.94. The predicted octanol–water partition coefficient (Wildman–Crippen LogP) is 0.286. The molecule has 1 aromatic heterocycles. The van der Waals surface area contributed by atoms with Gasteiger partial charge in [-0.05, 0) is 5.56 Å². The molecule has 0 aliphatic rings. The largest absolute Gasteiger partial charge is 0.370 e. The maximum Gasteiger partial charge on any atom is 0.332 e. The molecular weight excluding hydrogens is 268 g/mol. The molecule has 0 radical (unpaired) electrons. The molecular formula is C15H20N4O2. The highest BCUT2D eigenvalue weighted by Gasteiger charge is 2.04. The van der Waals surface area contributed by atoms with Gasteiger partial charge in [0.2, 0.25) is 0 Å². The molecule has 0 amide bonds. The summed E-state index contributed by atoms with van der Waals surface area (Å²) in [5.74, 6) is 0.532. The zero-order valence-corrected chi connectivity index (χ0v) is 12.3. The van der Waals surface area contributed by atoms with Crippen LogP contribution in [-0.2, 0) is 20.6 Å². The Balaban J connectivity index is 1.84. The van der Waals surface area contributed by atoms with Gasteiger partial charge < -0.3 is 10.6 Å². The fraction of sp³-hybridized carbons (Fsp3) is 0.333. The van der Waals surface area contributed by atoms with Crippen molar-refractivity contribution in [3.05, 3.63) is 62.8 Å². The van der Waals surface area contributed by atoms with Crippen LogP contribution in [0.25, 0.3) is 0 Å². The lowest BCUT2D eigenvalue weighted by Crippen LogP contribution is -2.38. The second kappa shape index (κ2) is 6.90. The second-order valence-electron chi connectivity index (χ2n) is 4.86. The second-order valence-corrected chi connectivity index (χ2v) is 4.86. The topological polar surface area (TPSA) is 68.1 Å². The summed E-state index contributed by atoms with van der Waals surface area (Å²) in [4.78, 5) is 23.3. The van der Waals surface area contributed by atoms with E-state index in [0.29, 0.717) is 12.4 Å². The van der Waals surface area contributed by atoms with Gasteiger partial charge >= 0.3 is 5.69 Å². The summed E-state index contributed by atoms with van der Waals surface area (Å²) < 4.78 is 2.51. The Hall–Kier alpha value is -2.34. The van der Waals surface area contributed by atoms with Crippen LogP contribution in [0.1, 0.15) is 5.56 Å². The lowest BCUT2D eigenvalue weighted by molar-refractivity contribution is 0.676. The van der Waals surface area contributed by atoms with E-state index in [2.05, 4.69) is 22.8 Å². The minimum Gasteiger partial charge on any atom is -0.370 e. The van der Waals surface area contributed by atoms with Crippen LogP contribution in [0.4, 0.5) is 5.82 Å². The molecule has 1 aromatic carbocycles. The Morgan fingerprint density at radius 3 is 2.43 bits per heavy atom. The van der Waals surface area contributed by atoms with Gasteiger partial charge in [0.05, 0.1) is 0 Å². The molecule has 0 saturated heterocycles. The van der Waals surface area contributed by atoms with E-state index in [-0.39, 0.29) is 11.2 Å². The summed E-state index contributed by atoms with van der Waals surface area (Å²) in [7, 11) is 3.11. The molecule has 21 heavy (non-hydrogen) atoms. The van der Waals surface area contributed by atoms with Crippen molar-refractivity contribution in [2.45, 2.75) is 6.54 Å². The Labute approximate surface area is 123 Å². The fourth-order valence-electron chi connectivity index (χ4n) is 2.01. The normalized spacial score (nSPS) is 10.6. The van der Waals surface area contributed by atoms with Gasteiger partial charge in [-0.2, -0.15) is 0 Å². The van der Waals surface area contributed by atoms with Crippen molar-refractivity contribution in [2.24, 2.45) is 14.1 Å². The molecule has 0 bridgehead atoms. The average molecular weight is 288 g/mol. The molecule has 0 atom stereocenters.